The second kappa shape index (κ2) is 7.23. The summed E-state index contributed by atoms with van der Waals surface area (Å²) in [4.78, 5) is 20.6. The predicted octanol–water partition coefficient (Wildman–Crippen LogP) is 3.61. The zero-order valence-corrected chi connectivity index (χ0v) is 15.1. The zero-order chi connectivity index (χ0) is 19.0. The minimum Gasteiger partial charge on any atom is -0.316 e. The van der Waals surface area contributed by atoms with Crippen LogP contribution in [0.4, 0.5) is 19.3 Å². The normalized spacial score (nSPS) is 21.9. The molecule has 2 fully saturated rings. The van der Waals surface area contributed by atoms with E-state index in [1.54, 1.807) is 16.0 Å². The molecule has 3 heterocycles. The van der Waals surface area contributed by atoms with Crippen LogP contribution in [0.2, 0.25) is 0 Å². The van der Waals surface area contributed by atoms with Crippen LogP contribution in [0, 0.1) is 6.92 Å². The van der Waals surface area contributed by atoms with Crippen molar-refractivity contribution in [2.24, 2.45) is 0 Å². The lowest BCUT2D eigenvalue weighted by atomic mass is 9.88. The van der Waals surface area contributed by atoms with Crippen LogP contribution in [0.25, 0.3) is 11.3 Å². The number of hydrogen-bond donors (Lipinski definition) is 1. The number of alkyl halides is 2. The smallest absolute Gasteiger partial charge is 0.316 e. The maximum absolute atomic E-state index is 12.7. The van der Waals surface area contributed by atoms with Crippen LogP contribution in [-0.2, 0) is 0 Å². The van der Waals surface area contributed by atoms with Crippen LogP contribution >= 0.6 is 0 Å². The Morgan fingerprint density at radius 1 is 1.26 bits per heavy atom. The summed E-state index contributed by atoms with van der Waals surface area (Å²) in [5.41, 5.74) is 3.62. The Morgan fingerprint density at radius 3 is 2.70 bits per heavy atom. The third-order valence-corrected chi connectivity index (χ3v) is 5.33. The van der Waals surface area contributed by atoms with E-state index in [0.29, 0.717) is 18.8 Å². The molecule has 1 aromatic heterocycles. The van der Waals surface area contributed by atoms with E-state index in [-0.39, 0.29) is 24.7 Å². The molecular formula is C20H22F2N4O. The summed E-state index contributed by atoms with van der Waals surface area (Å²) in [6.07, 6.45) is 0.300. The standard InChI is InChI=1S/C20H22F2N4O/c1-13-5-6-14(8-17(13)18-4-2-3-7-23-18)24-20(27)26-15-9-16(26)11-25(10-15)12-19(21)22/h2-8,15-16,19H,9-12H2,1H3,(H,24,27). The van der Waals surface area contributed by atoms with Gasteiger partial charge in [-0.3, -0.25) is 9.88 Å². The molecule has 0 radical (unpaired) electrons. The van der Waals surface area contributed by atoms with Gasteiger partial charge in [-0.25, -0.2) is 13.6 Å². The van der Waals surface area contributed by atoms with E-state index in [9.17, 15) is 13.6 Å². The van der Waals surface area contributed by atoms with Crippen LogP contribution in [-0.4, -0.2) is 59.0 Å². The zero-order valence-electron chi connectivity index (χ0n) is 15.1. The highest BCUT2D eigenvalue weighted by molar-refractivity contribution is 5.91. The number of pyridine rings is 1. The number of halogens is 2. The molecule has 27 heavy (non-hydrogen) atoms. The van der Waals surface area contributed by atoms with Gasteiger partial charge in [0, 0.05) is 42.6 Å². The molecule has 1 aromatic carbocycles. The van der Waals surface area contributed by atoms with Gasteiger partial charge in [0.1, 0.15) is 0 Å². The van der Waals surface area contributed by atoms with E-state index >= 15 is 0 Å². The Kier molecular flexibility index (Phi) is 4.78. The van der Waals surface area contributed by atoms with Crippen molar-refractivity contribution >= 4 is 11.7 Å². The van der Waals surface area contributed by atoms with Crippen LogP contribution in [0.5, 0.6) is 0 Å². The highest BCUT2D eigenvalue weighted by atomic mass is 19.3. The number of piperazine rings is 1. The lowest BCUT2D eigenvalue weighted by molar-refractivity contribution is -0.0491. The number of urea groups is 1. The van der Waals surface area contributed by atoms with Crippen LogP contribution in [0.15, 0.2) is 42.6 Å². The van der Waals surface area contributed by atoms with Crippen LogP contribution in [0.3, 0.4) is 0 Å². The first-order valence-corrected chi connectivity index (χ1v) is 9.13. The number of hydrogen-bond acceptors (Lipinski definition) is 3. The van der Waals surface area contributed by atoms with Gasteiger partial charge in [-0.15, -0.1) is 0 Å². The lowest BCUT2D eigenvalue weighted by Gasteiger charge is -2.56. The highest BCUT2D eigenvalue weighted by Crippen LogP contribution is 2.33. The maximum Gasteiger partial charge on any atom is 0.322 e. The van der Waals surface area contributed by atoms with Crippen molar-refractivity contribution in [3.8, 4) is 11.3 Å². The molecular weight excluding hydrogens is 350 g/mol. The van der Waals surface area contributed by atoms with Gasteiger partial charge in [0.2, 0.25) is 0 Å². The van der Waals surface area contributed by atoms with E-state index in [4.69, 9.17) is 0 Å². The second-order valence-electron chi connectivity index (χ2n) is 7.24. The fourth-order valence-electron chi connectivity index (χ4n) is 4.06. The van der Waals surface area contributed by atoms with E-state index in [1.165, 1.54) is 0 Å². The minimum atomic E-state index is -2.33. The van der Waals surface area contributed by atoms with Crippen molar-refractivity contribution in [1.82, 2.24) is 14.8 Å². The molecule has 0 saturated carbocycles. The average Bonchev–Trinajstić information content (AvgIpc) is 2.63. The van der Waals surface area contributed by atoms with E-state index < -0.39 is 6.43 Å². The summed E-state index contributed by atoms with van der Waals surface area (Å²) in [5, 5.41) is 2.96. The number of rotatable bonds is 4. The van der Waals surface area contributed by atoms with Crippen molar-refractivity contribution in [3.63, 3.8) is 0 Å². The molecule has 1 N–H and O–H groups in total. The molecule has 2 saturated heterocycles. The van der Waals surface area contributed by atoms with Gasteiger partial charge in [0.25, 0.3) is 6.43 Å². The van der Waals surface area contributed by atoms with E-state index in [1.807, 2.05) is 43.3 Å². The number of aryl methyl sites for hydroxylation is 1. The third kappa shape index (κ3) is 3.64. The number of nitrogens with one attached hydrogen (secondary N) is 1. The van der Waals surface area contributed by atoms with Crippen molar-refractivity contribution < 1.29 is 13.6 Å². The molecule has 2 aliphatic heterocycles. The van der Waals surface area contributed by atoms with Gasteiger partial charge >= 0.3 is 6.03 Å². The molecule has 0 spiro atoms. The van der Waals surface area contributed by atoms with E-state index in [2.05, 4.69) is 10.3 Å². The summed E-state index contributed by atoms with van der Waals surface area (Å²) in [6, 6.07) is 11.4. The fourth-order valence-corrected chi connectivity index (χ4v) is 4.06. The van der Waals surface area contributed by atoms with Crippen molar-refractivity contribution in [3.05, 3.63) is 48.2 Å². The predicted molar refractivity (Wildman–Crippen MR) is 99.9 cm³/mol. The number of benzene rings is 1. The first-order chi connectivity index (χ1) is 13.0. The van der Waals surface area contributed by atoms with Crippen molar-refractivity contribution in [2.45, 2.75) is 31.9 Å². The fraction of sp³-hybridized carbons (Fsp3) is 0.400. The first kappa shape index (κ1) is 17.9. The molecule has 2 bridgehead atoms. The number of fused-ring (bicyclic) bond motifs is 2. The molecule has 4 rings (SSSR count). The average molecular weight is 372 g/mol. The summed E-state index contributed by atoms with van der Waals surface area (Å²) in [6.45, 7) is 2.82. The van der Waals surface area contributed by atoms with E-state index in [0.717, 1.165) is 23.2 Å². The monoisotopic (exact) mass is 372 g/mol. The van der Waals surface area contributed by atoms with Crippen LogP contribution < -0.4 is 5.32 Å². The third-order valence-electron chi connectivity index (χ3n) is 5.33. The first-order valence-electron chi connectivity index (χ1n) is 9.13. The Labute approximate surface area is 157 Å². The molecule has 7 heteroatoms. The van der Waals surface area contributed by atoms with Gasteiger partial charge in [-0.05, 0) is 43.2 Å². The maximum atomic E-state index is 12.7. The second-order valence-corrected chi connectivity index (χ2v) is 7.24. The number of carbonyl (C=O) groups excluding carboxylic acids is 1. The summed E-state index contributed by atoms with van der Waals surface area (Å²) >= 11 is 0. The summed E-state index contributed by atoms with van der Waals surface area (Å²) in [7, 11) is 0. The highest BCUT2D eigenvalue weighted by Gasteiger charge is 2.47. The van der Waals surface area contributed by atoms with Gasteiger partial charge < -0.3 is 10.2 Å². The number of piperidine rings is 1. The van der Waals surface area contributed by atoms with Gasteiger partial charge in [0.15, 0.2) is 0 Å². The Balaban J connectivity index is 1.44. The van der Waals surface area contributed by atoms with Crippen molar-refractivity contribution in [1.29, 1.82) is 0 Å². The van der Waals surface area contributed by atoms with Gasteiger partial charge in [0.05, 0.1) is 12.2 Å². The molecule has 5 nitrogen and oxygen atoms in total. The number of carbonyl (C=O) groups is 1. The molecule has 2 aliphatic rings. The van der Waals surface area contributed by atoms with Gasteiger partial charge in [-0.2, -0.15) is 0 Å². The Bertz CT molecular complexity index is 818. The largest absolute Gasteiger partial charge is 0.322 e. The molecule has 0 aliphatic carbocycles. The SMILES string of the molecule is Cc1ccc(NC(=O)N2C3CC2CN(CC(F)F)C3)cc1-c1ccccn1. The number of amides is 2. The topological polar surface area (TPSA) is 48.5 Å². The summed E-state index contributed by atoms with van der Waals surface area (Å²) < 4.78 is 25.2. The molecule has 2 amide bonds. The summed E-state index contributed by atoms with van der Waals surface area (Å²) in [5.74, 6) is 0. The number of aromatic nitrogens is 1. The Hall–Kier alpha value is -2.54. The number of nitrogens with zero attached hydrogens (tertiary/aromatic N) is 3. The molecule has 2 aromatic rings. The van der Waals surface area contributed by atoms with Crippen LogP contribution in [0.1, 0.15) is 12.0 Å². The number of anilines is 1. The quantitative estimate of drug-likeness (QED) is 0.892. The number of likely N-dealkylation sites (tertiary alicyclic amines) is 2. The molecule has 2 atom stereocenters. The Morgan fingerprint density at radius 2 is 2.04 bits per heavy atom. The minimum absolute atomic E-state index is 0.0169. The molecule has 142 valence electrons. The van der Waals surface area contributed by atoms with Crippen molar-refractivity contribution in [2.75, 3.05) is 25.0 Å². The van der Waals surface area contributed by atoms with Gasteiger partial charge in [-0.1, -0.05) is 12.1 Å². The molecule has 2 unspecified atom stereocenters. The lowest BCUT2D eigenvalue weighted by Crippen LogP contribution is -2.71.